The Bertz CT molecular complexity index is 492. The molecule has 1 atom stereocenters. The molecular formula is C17H25F2NO. The van der Waals surface area contributed by atoms with E-state index in [1.807, 2.05) is 6.92 Å². The van der Waals surface area contributed by atoms with Crippen molar-refractivity contribution in [3.63, 3.8) is 0 Å². The van der Waals surface area contributed by atoms with Gasteiger partial charge in [-0.25, -0.2) is 8.78 Å². The summed E-state index contributed by atoms with van der Waals surface area (Å²) in [7, 11) is 0. The quantitative estimate of drug-likeness (QED) is 0.882. The molecule has 0 heterocycles. The predicted octanol–water partition coefficient (Wildman–Crippen LogP) is 3.95. The van der Waals surface area contributed by atoms with E-state index >= 15 is 0 Å². The second-order valence-electron chi connectivity index (χ2n) is 7.16. The van der Waals surface area contributed by atoms with E-state index < -0.39 is 17.2 Å². The Kier molecular flexibility index (Phi) is 4.69. The summed E-state index contributed by atoms with van der Waals surface area (Å²) in [6.07, 6.45) is 3.49. The highest BCUT2D eigenvalue weighted by atomic mass is 19.1. The Hall–Kier alpha value is -1.00. The minimum absolute atomic E-state index is 0.260. The fraction of sp³-hybridized carbons (Fsp3) is 0.647. The standard InChI is InChI=1S/C17H25F2NO/c1-12(14-5-4-13(18)10-15(14)19)20-11-17(21)8-6-16(2,3)7-9-17/h4-5,10,12,20-21H,6-9,11H2,1-3H3. The van der Waals surface area contributed by atoms with Crippen LogP contribution in [0.3, 0.4) is 0 Å². The smallest absolute Gasteiger partial charge is 0.130 e. The van der Waals surface area contributed by atoms with Gasteiger partial charge in [-0.3, -0.25) is 0 Å². The number of rotatable bonds is 4. The van der Waals surface area contributed by atoms with Gasteiger partial charge in [0, 0.05) is 24.2 Å². The van der Waals surface area contributed by atoms with E-state index in [9.17, 15) is 13.9 Å². The van der Waals surface area contributed by atoms with Crippen LogP contribution in [-0.2, 0) is 0 Å². The van der Waals surface area contributed by atoms with E-state index in [-0.39, 0.29) is 6.04 Å². The Morgan fingerprint density at radius 2 is 1.81 bits per heavy atom. The summed E-state index contributed by atoms with van der Waals surface area (Å²) in [5, 5.41) is 13.8. The number of aliphatic hydroxyl groups is 1. The van der Waals surface area contributed by atoms with Gasteiger partial charge >= 0.3 is 0 Å². The summed E-state index contributed by atoms with van der Waals surface area (Å²) >= 11 is 0. The third-order valence-electron chi connectivity index (χ3n) is 4.70. The first-order valence-corrected chi connectivity index (χ1v) is 7.62. The maximum absolute atomic E-state index is 13.7. The van der Waals surface area contributed by atoms with Crippen LogP contribution in [0.25, 0.3) is 0 Å². The molecule has 0 amide bonds. The SMILES string of the molecule is CC(NCC1(O)CCC(C)(C)CC1)c1ccc(F)cc1F. The lowest BCUT2D eigenvalue weighted by Gasteiger charge is -2.40. The number of hydrogen-bond acceptors (Lipinski definition) is 2. The van der Waals surface area contributed by atoms with Crippen LogP contribution >= 0.6 is 0 Å². The molecule has 1 aliphatic rings. The van der Waals surface area contributed by atoms with Crippen molar-refractivity contribution in [2.24, 2.45) is 5.41 Å². The van der Waals surface area contributed by atoms with Crippen LogP contribution < -0.4 is 5.32 Å². The summed E-state index contributed by atoms with van der Waals surface area (Å²) in [6.45, 7) is 6.69. The molecule has 0 aliphatic heterocycles. The van der Waals surface area contributed by atoms with Crippen molar-refractivity contribution >= 4 is 0 Å². The highest BCUT2D eigenvalue weighted by Crippen LogP contribution is 2.40. The second-order valence-corrected chi connectivity index (χ2v) is 7.16. The van der Waals surface area contributed by atoms with Gasteiger partial charge in [0.2, 0.25) is 0 Å². The predicted molar refractivity (Wildman–Crippen MR) is 80.0 cm³/mol. The average Bonchev–Trinajstić information content (AvgIpc) is 2.40. The van der Waals surface area contributed by atoms with Crippen LogP contribution in [0.15, 0.2) is 18.2 Å². The molecule has 1 unspecified atom stereocenters. The van der Waals surface area contributed by atoms with E-state index in [0.717, 1.165) is 31.7 Å². The lowest BCUT2D eigenvalue weighted by Crippen LogP contribution is -2.45. The highest BCUT2D eigenvalue weighted by Gasteiger charge is 2.36. The second kappa shape index (κ2) is 6.01. The van der Waals surface area contributed by atoms with Crippen molar-refractivity contribution < 1.29 is 13.9 Å². The van der Waals surface area contributed by atoms with Crippen LogP contribution in [0.4, 0.5) is 8.78 Å². The van der Waals surface area contributed by atoms with E-state index in [1.54, 1.807) is 0 Å². The Morgan fingerprint density at radius 1 is 1.19 bits per heavy atom. The molecule has 1 aromatic rings. The molecule has 118 valence electrons. The summed E-state index contributed by atoms with van der Waals surface area (Å²) in [5.74, 6) is -1.12. The van der Waals surface area contributed by atoms with Crippen molar-refractivity contribution in [3.8, 4) is 0 Å². The molecule has 0 spiro atoms. The van der Waals surface area contributed by atoms with Gasteiger partial charge in [0.1, 0.15) is 11.6 Å². The fourth-order valence-corrected chi connectivity index (χ4v) is 2.87. The number of halogens is 2. The van der Waals surface area contributed by atoms with Crippen LogP contribution in [0.1, 0.15) is 58.1 Å². The zero-order chi connectivity index (χ0) is 15.7. The van der Waals surface area contributed by atoms with Gasteiger partial charge in [-0.05, 0) is 44.1 Å². The van der Waals surface area contributed by atoms with Crippen LogP contribution in [0.5, 0.6) is 0 Å². The first kappa shape index (κ1) is 16.4. The Labute approximate surface area is 125 Å². The summed E-state index contributed by atoms with van der Waals surface area (Å²) in [4.78, 5) is 0. The summed E-state index contributed by atoms with van der Waals surface area (Å²) in [5.41, 5.74) is -0.00239. The maximum Gasteiger partial charge on any atom is 0.130 e. The van der Waals surface area contributed by atoms with Gasteiger partial charge < -0.3 is 10.4 Å². The zero-order valence-corrected chi connectivity index (χ0v) is 13.0. The van der Waals surface area contributed by atoms with E-state index in [2.05, 4.69) is 19.2 Å². The molecule has 1 aromatic carbocycles. The third kappa shape index (κ3) is 4.24. The number of benzene rings is 1. The lowest BCUT2D eigenvalue weighted by molar-refractivity contribution is -0.0258. The molecule has 1 saturated carbocycles. The van der Waals surface area contributed by atoms with Gasteiger partial charge in [-0.1, -0.05) is 19.9 Å². The lowest BCUT2D eigenvalue weighted by atomic mass is 9.71. The number of hydrogen-bond donors (Lipinski definition) is 2. The van der Waals surface area contributed by atoms with E-state index in [4.69, 9.17) is 0 Å². The molecule has 0 aromatic heterocycles. The van der Waals surface area contributed by atoms with Crippen LogP contribution in [0.2, 0.25) is 0 Å². The van der Waals surface area contributed by atoms with Gasteiger partial charge in [-0.15, -0.1) is 0 Å². The molecule has 0 saturated heterocycles. The highest BCUT2D eigenvalue weighted by molar-refractivity contribution is 5.21. The molecule has 1 fully saturated rings. The maximum atomic E-state index is 13.7. The van der Waals surface area contributed by atoms with E-state index in [0.29, 0.717) is 17.5 Å². The monoisotopic (exact) mass is 297 g/mol. The molecule has 0 radical (unpaired) electrons. The molecule has 4 heteroatoms. The normalized spacial score (nSPS) is 22.0. The van der Waals surface area contributed by atoms with Crippen molar-refractivity contribution in [3.05, 3.63) is 35.4 Å². The summed E-state index contributed by atoms with van der Waals surface area (Å²) < 4.78 is 26.6. The molecular weight excluding hydrogens is 272 g/mol. The Balaban J connectivity index is 1.93. The summed E-state index contributed by atoms with van der Waals surface area (Å²) in [6, 6.07) is 3.35. The minimum Gasteiger partial charge on any atom is -0.389 e. The van der Waals surface area contributed by atoms with Crippen molar-refractivity contribution in [1.82, 2.24) is 5.32 Å². The molecule has 21 heavy (non-hydrogen) atoms. The topological polar surface area (TPSA) is 32.3 Å². The first-order valence-electron chi connectivity index (χ1n) is 7.62. The van der Waals surface area contributed by atoms with E-state index in [1.165, 1.54) is 12.1 Å². The third-order valence-corrected chi connectivity index (χ3v) is 4.70. The average molecular weight is 297 g/mol. The number of nitrogens with one attached hydrogen (secondary N) is 1. The van der Waals surface area contributed by atoms with Gasteiger partial charge in [-0.2, -0.15) is 0 Å². The van der Waals surface area contributed by atoms with Crippen LogP contribution in [-0.4, -0.2) is 17.3 Å². The molecule has 2 rings (SSSR count). The first-order chi connectivity index (χ1) is 9.71. The molecule has 2 nitrogen and oxygen atoms in total. The van der Waals surface area contributed by atoms with Crippen molar-refractivity contribution in [2.45, 2.75) is 58.1 Å². The fourth-order valence-electron chi connectivity index (χ4n) is 2.87. The zero-order valence-electron chi connectivity index (χ0n) is 13.0. The molecule has 1 aliphatic carbocycles. The van der Waals surface area contributed by atoms with Crippen LogP contribution in [0, 0.1) is 17.0 Å². The molecule has 0 bridgehead atoms. The largest absolute Gasteiger partial charge is 0.389 e. The van der Waals surface area contributed by atoms with Crippen molar-refractivity contribution in [1.29, 1.82) is 0 Å². The Morgan fingerprint density at radius 3 is 2.38 bits per heavy atom. The van der Waals surface area contributed by atoms with Gasteiger partial charge in [0.25, 0.3) is 0 Å². The van der Waals surface area contributed by atoms with Gasteiger partial charge in [0.05, 0.1) is 5.60 Å². The molecule has 2 N–H and O–H groups in total. The van der Waals surface area contributed by atoms with Crippen molar-refractivity contribution in [2.75, 3.05) is 6.54 Å². The minimum atomic E-state index is -0.722. The van der Waals surface area contributed by atoms with Gasteiger partial charge in [0.15, 0.2) is 0 Å².